The molecule has 0 aliphatic heterocycles. The van der Waals surface area contributed by atoms with Gasteiger partial charge in [-0.2, -0.15) is 13.2 Å². The Morgan fingerprint density at radius 1 is 1.32 bits per heavy atom. The summed E-state index contributed by atoms with van der Waals surface area (Å²) in [5.74, 6) is -0.485. The van der Waals surface area contributed by atoms with Crippen LogP contribution in [0.4, 0.5) is 18.9 Å². The van der Waals surface area contributed by atoms with E-state index in [2.05, 4.69) is 10.6 Å². The molecule has 0 atom stereocenters. The molecule has 106 valence electrons. The fourth-order valence-corrected chi connectivity index (χ4v) is 1.62. The Hall–Kier alpha value is -1.72. The number of benzene rings is 1. The van der Waals surface area contributed by atoms with Crippen molar-refractivity contribution in [3.05, 3.63) is 29.3 Å². The predicted octanol–water partition coefficient (Wildman–Crippen LogP) is 3.28. The molecular formula is C13H17F3N2O. The average Bonchev–Trinajstić information content (AvgIpc) is 2.37. The lowest BCUT2D eigenvalue weighted by molar-refractivity contribution is -0.136. The summed E-state index contributed by atoms with van der Waals surface area (Å²) in [7, 11) is 1.41. The van der Waals surface area contributed by atoms with Crippen molar-refractivity contribution in [1.29, 1.82) is 0 Å². The van der Waals surface area contributed by atoms with Crippen molar-refractivity contribution >= 4 is 11.6 Å². The molecule has 0 spiro atoms. The van der Waals surface area contributed by atoms with Gasteiger partial charge >= 0.3 is 6.18 Å². The summed E-state index contributed by atoms with van der Waals surface area (Å²) in [6.07, 6.45) is -2.78. The molecule has 3 nitrogen and oxygen atoms in total. The highest BCUT2D eigenvalue weighted by Gasteiger charge is 2.34. The lowest BCUT2D eigenvalue weighted by Crippen LogP contribution is -2.25. The summed E-state index contributed by atoms with van der Waals surface area (Å²) in [5, 5.41) is 5.06. The van der Waals surface area contributed by atoms with E-state index in [1.165, 1.54) is 19.2 Å². The maximum absolute atomic E-state index is 12.8. The van der Waals surface area contributed by atoms with Crippen LogP contribution in [0, 0.1) is 0 Å². The predicted molar refractivity (Wildman–Crippen MR) is 68.2 cm³/mol. The van der Waals surface area contributed by atoms with Gasteiger partial charge in [0.15, 0.2) is 0 Å². The average molecular weight is 274 g/mol. The Kier molecular flexibility index (Phi) is 5.20. The molecule has 0 aliphatic rings. The molecule has 1 aromatic carbocycles. The van der Waals surface area contributed by atoms with Crippen LogP contribution in [0.1, 0.15) is 35.7 Å². The second kappa shape index (κ2) is 6.45. The third-order valence-corrected chi connectivity index (χ3v) is 2.67. The third-order valence-electron chi connectivity index (χ3n) is 2.67. The van der Waals surface area contributed by atoms with E-state index in [9.17, 15) is 18.0 Å². The molecule has 0 unspecified atom stereocenters. The molecule has 0 radical (unpaired) electrons. The summed E-state index contributed by atoms with van der Waals surface area (Å²) >= 11 is 0. The zero-order chi connectivity index (χ0) is 14.5. The van der Waals surface area contributed by atoms with Crippen LogP contribution in [-0.2, 0) is 6.18 Å². The number of nitrogens with one attached hydrogen (secondary N) is 2. The molecule has 0 saturated heterocycles. The smallest absolute Gasteiger partial charge is 0.388 e. The van der Waals surface area contributed by atoms with Gasteiger partial charge in [-0.25, -0.2) is 0 Å². The van der Waals surface area contributed by atoms with E-state index in [1.54, 1.807) is 0 Å². The summed E-state index contributed by atoms with van der Waals surface area (Å²) < 4.78 is 38.4. The van der Waals surface area contributed by atoms with Crippen LogP contribution in [0.2, 0.25) is 0 Å². The molecule has 2 N–H and O–H groups in total. The van der Waals surface area contributed by atoms with Gasteiger partial charge in [0.25, 0.3) is 5.91 Å². The van der Waals surface area contributed by atoms with Gasteiger partial charge < -0.3 is 10.6 Å². The van der Waals surface area contributed by atoms with E-state index < -0.39 is 17.6 Å². The van der Waals surface area contributed by atoms with E-state index in [0.29, 0.717) is 6.54 Å². The molecule has 0 aliphatic carbocycles. The van der Waals surface area contributed by atoms with Gasteiger partial charge in [-0.1, -0.05) is 13.3 Å². The van der Waals surface area contributed by atoms with Crippen molar-refractivity contribution in [2.45, 2.75) is 25.9 Å². The zero-order valence-electron chi connectivity index (χ0n) is 10.9. The molecule has 1 rings (SSSR count). The van der Waals surface area contributed by atoms with E-state index in [0.717, 1.165) is 18.9 Å². The topological polar surface area (TPSA) is 41.1 Å². The number of hydrogen-bond donors (Lipinski definition) is 2. The first-order chi connectivity index (χ1) is 8.90. The number of anilines is 1. The Morgan fingerprint density at radius 3 is 2.53 bits per heavy atom. The number of halogens is 3. The highest BCUT2D eigenvalue weighted by Crippen LogP contribution is 2.35. The minimum Gasteiger partial charge on any atom is -0.388 e. The van der Waals surface area contributed by atoms with Gasteiger partial charge in [0.05, 0.1) is 5.56 Å². The first kappa shape index (κ1) is 15.3. The Balaban J connectivity index is 2.95. The molecule has 19 heavy (non-hydrogen) atoms. The van der Waals surface area contributed by atoms with Gasteiger partial charge in [0.2, 0.25) is 0 Å². The van der Waals surface area contributed by atoms with Gasteiger partial charge in [-0.05, 0) is 24.6 Å². The number of amides is 1. The summed E-state index contributed by atoms with van der Waals surface area (Å²) in [6, 6.07) is 3.51. The number of carbonyl (C=O) groups is 1. The molecule has 1 aromatic rings. The molecule has 0 heterocycles. The van der Waals surface area contributed by atoms with Gasteiger partial charge in [-0.3, -0.25) is 4.79 Å². The molecule has 6 heteroatoms. The Labute approximate surface area is 110 Å². The second-order valence-electron chi connectivity index (χ2n) is 4.12. The third kappa shape index (κ3) is 4.15. The number of unbranched alkanes of at least 4 members (excludes halogenated alkanes) is 1. The first-order valence-electron chi connectivity index (χ1n) is 6.07. The zero-order valence-corrected chi connectivity index (χ0v) is 10.9. The van der Waals surface area contributed by atoms with Crippen LogP contribution in [0.25, 0.3) is 0 Å². The fraction of sp³-hybridized carbons (Fsp3) is 0.462. The van der Waals surface area contributed by atoms with Crippen LogP contribution >= 0.6 is 0 Å². The maximum Gasteiger partial charge on any atom is 0.418 e. The highest BCUT2D eigenvalue weighted by atomic mass is 19.4. The van der Waals surface area contributed by atoms with Crippen molar-refractivity contribution in [2.24, 2.45) is 0 Å². The molecule has 1 amide bonds. The van der Waals surface area contributed by atoms with Crippen LogP contribution < -0.4 is 10.6 Å². The minimum absolute atomic E-state index is 0.0161. The standard InChI is InChI=1S/C13H17F3N2O/c1-3-4-7-18-12(19)9-5-6-11(17-2)10(8-9)13(14,15)16/h5-6,8,17H,3-4,7H2,1-2H3,(H,18,19). The summed E-state index contributed by atoms with van der Waals surface area (Å²) in [5.41, 5.74) is -0.863. The van der Waals surface area contributed by atoms with E-state index in [1.807, 2.05) is 6.92 Å². The Bertz CT molecular complexity index is 444. The van der Waals surface area contributed by atoms with E-state index >= 15 is 0 Å². The molecule has 0 saturated carbocycles. The van der Waals surface area contributed by atoms with Crippen molar-refractivity contribution in [3.8, 4) is 0 Å². The van der Waals surface area contributed by atoms with Crippen LogP contribution in [-0.4, -0.2) is 19.5 Å². The molecule has 0 aromatic heterocycles. The monoisotopic (exact) mass is 274 g/mol. The fourth-order valence-electron chi connectivity index (χ4n) is 1.62. The maximum atomic E-state index is 12.8. The van der Waals surface area contributed by atoms with Crippen molar-refractivity contribution in [2.75, 3.05) is 18.9 Å². The van der Waals surface area contributed by atoms with E-state index in [-0.39, 0.29) is 11.3 Å². The lowest BCUT2D eigenvalue weighted by Gasteiger charge is -2.14. The SMILES string of the molecule is CCCCNC(=O)c1ccc(NC)c(C(F)(F)F)c1. The van der Waals surface area contributed by atoms with Crippen LogP contribution in [0.15, 0.2) is 18.2 Å². The summed E-state index contributed by atoms with van der Waals surface area (Å²) in [4.78, 5) is 11.7. The quantitative estimate of drug-likeness (QED) is 0.809. The molecular weight excluding hydrogens is 257 g/mol. The normalized spacial score (nSPS) is 11.2. The summed E-state index contributed by atoms with van der Waals surface area (Å²) in [6.45, 7) is 2.43. The first-order valence-corrected chi connectivity index (χ1v) is 6.07. The van der Waals surface area contributed by atoms with Crippen molar-refractivity contribution in [3.63, 3.8) is 0 Å². The number of carbonyl (C=O) groups excluding carboxylic acids is 1. The van der Waals surface area contributed by atoms with Gasteiger partial charge in [0.1, 0.15) is 0 Å². The minimum atomic E-state index is -4.49. The van der Waals surface area contributed by atoms with Crippen LogP contribution in [0.5, 0.6) is 0 Å². The number of alkyl halides is 3. The number of rotatable bonds is 5. The lowest BCUT2D eigenvalue weighted by atomic mass is 10.1. The van der Waals surface area contributed by atoms with Crippen LogP contribution in [0.3, 0.4) is 0 Å². The second-order valence-corrected chi connectivity index (χ2v) is 4.12. The van der Waals surface area contributed by atoms with Crippen molar-refractivity contribution < 1.29 is 18.0 Å². The number of hydrogen-bond acceptors (Lipinski definition) is 2. The van der Waals surface area contributed by atoms with Gasteiger partial charge in [0, 0.05) is 24.8 Å². The Morgan fingerprint density at radius 2 is 2.00 bits per heavy atom. The van der Waals surface area contributed by atoms with Crippen molar-refractivity contribution in [1.82, 2.24) is 5.32 Å². The van der Waals surface area contributed by atoms with Gasteiger partial charge in [-0.15, -0.1) is 0 Å². The largest absolute Gasteiger partial charge is 0.418 e. The highest BCUT2D eigenvalue weighted by molar-refractivity contribution is 5.94. The molecule has 0 bridgehead atoms. The molecule has 0 fully saturated rings. The van der Waals surface area contributed by atoms with E-state index in [4.69, 9.17) is 0 Å².